The molecule has 1 aliphatic rings. The summed E-state index contributed by atoms with van der Waals surface area (Å²) in [6.07, 6.45) is 2.45. The van der Waals surface area contributed by atoms with E-state index in [0.717, 1.165) is 19.6 Å². The van der Waals surface area contributed by atoms with Gasteiger partial charge in [0.2, 0.25) is 0 Å². The molecule has 1 aliphatic heterocycles. The van der Waals surface area contributed by atoms with Gasteiger partial charge in [-0.3, -0.25) is 0 Å². The molecule has 0 bridgehead atoms. The van der Waals surface area contributed by atoms with Crippen molar-refractivity contribution in [1.82, 2.24) is 5.32 Å². The van der Waals surface area contributed by atoms with Crippen LogP contribution in [0.3, 0.4) is 0 Å². The van der Waals surface area contributed by atoms with Gasteiger partial charge in [-0.05, 0) is 49.1 Å². The molecule has 0 amide bonds. The Kier molecular flexibility index (Phi) is 4.79. The first-order chi connectivity index (χ1) is 10.8. The van der Waals surface area contributed by atoms with Gasteiger partial charge in [-0.1, -0.05) is 49.4 Å². The zero-order chi connectivity index (χ0) is 15.4. The molecule has 1 atom stereocenters. The highest BCUT2D eigenvalue weighted by Gasteiger charge is 2.18. The van der Waals surface area contributed by atoms with Crippen LogP contribution in [0.1, 0.15) is 43.0 Å². The summed E-state index contributed by atoms with van der Waals surface area (Å²) in [6, 6.07) is 18.2. The van der Waals surface area contributed by atoms with Crippen molar-refractivity contribution in [2.45, 2.75) is 39.3 Å². The third-order valence-electron chi connectivity index (χ3n) is 4.54. The zero-order valence-electron chi connectivity index (χ0n) is 13.7. The predicted molar refractivity (Wildman–Crippen MR) is 94.3 cm³/mol. The molecule has 2 aromatic carbocycles. The highest BCUT2D eigenvalue weighted by molar-refractivity contribution is 5.57. The van der Waals surface area contributed by atoms with Gasteiger partial charge in [-0.25, -0.2) is 0 Å². The van der Waals surface area contributed by atoms with E-state index in [-0.39, 0.29) is 0 Å². The van der Waals surface area contributed by atoms with Crippen molar-refractivity contribution in [3.8, 4) is 0 Å². The van der Waals surface area contributed by atoms with Crippen LogP contribution in [-0.4, -0.2) is 13.1 Å². The third-order valence-corrected chi connectivity index (χ3v) is 4.54. The van der Waals surface area contributed by atoms with Gasteiger partial charge in [0.05, 0.1) is 0 Å². The second-order valence-electron chi connectivity index (χ2n) is 6.18. The summed E-state index contributed by atoms with van der Waals surface area (Å²) in [5, 5.41) is 3.51. The highest BCUT2D eigenvalue weighted by Crippen LogP contribution is 2.30. The number of rotatable bonds is 5. The molecule has 0 spiro atoms. The molecular weight excluding hydrogens is 268 g/mol. The minimum Gasteiger partial charge on any atom is -0.367 e. The Hall–Kier alpha value is -1.80. The van der Waals surface area contributed by atoms with Crippen molar-refractivity contribution in [2.75, 3.05) is 18.0 Å². The summed E-state index contributed by atoms with van der Waals surface area (Å²) in [7, 11) is 0. The van der Waals surface area contributed by atoms with E-state index in [1.165, 1.54) is 35.2 Å². The molecule has 3 rings (SSSR count). The maximum atomic E-state index is 3.51. The Morgan fingerprint density at radius 1 is 1.14 bits per heavy atom. The first-order valence-corrected chi connectivity index (χ1v) is 8.43. The fourth-order valence-electron chi connectivity index (χ4n) is 3.36. The van der Waals surface area contributed by atoms with Crippen LogP contribution >= 0.6 is 0 Å². The van der Waals surface area contributed by atoms with Crippen molar-refractivity contribution >= 4 is 5.69 Å². The van der Waals surface area contributed by atoms with Crippen LogP contribution in [0.15, 0.2) is 48.5 Å². The van der Waals surface area contributed by atoms with E-state index in [1.54, 1.807) is 0 Å². The lowest BCUT2D eigenvalue weighted by atomic mass is 9.96. The summed E-state index contributed by atoms with van der Waals surface area (Å²) in [5.74, 6) is 0. The van der Waals surface area contributed by atoms with E-state index in [0.29, 0.717) is 6.04 Å². The predicted octanol–water partition coefficient (Wildman–Crippen LogP) is 4.31. The van der Waals surface area contributed by atoms with Gasteiger partial charge in [-0.2, -0.15) is 0 Å². The van der Waals surface area contributed by atoms with Crippen LogP contribution in [0.5, 0.6) is 0 Å². The lowest BCUT2D eigenvalue weighted by molar-refractivity contribution is 0.596. The van der Waals surface area contributed by atoms with E-state index in [4.69, 9.17) is 0 Å². The molecule has 0 aromatic heterocycles. The molecule has 1 N–H and O–H groups in total. The number of nitrogens with zero attached hydrogens (tertiary/aromatic N) is 1. The molecule has 0 aliphatic carbocycles. The highest BCUT2D eigenvalue weighted by atomic mass is 15.1. The third kappa shape index (κ3) is 3.33. The summed E-state index contributed by atoms with van der Waals surface area (Å²) < 4.78 is 0. The zero-order valence-corrected chi connectivity index (χ0v) is 13.7. The normalized spacial score (nSPS) is 15.5. The molecular formula is C20H26N2. The van der Waals surface area contributed by atoms with Crippen LogP contribution in [0, 0.1) is 0 Å². The second-order valence-corrected chi connectivity index (χ2v) is 6.18. The van der Waals surface area contributed by atoms with Crippen molar-refractivity contribution in [3.63, 3.8) is 0 Å². The van der Waals surface area contributed by atoms with Crippen molar-refractivity contribution in [3.05, 3.63) is 65.2 Å². The average Bonchev–Trinajstić information content (AvgIpc) is 2.56. The molecule has 2 nitrogen and oxygen atoms in total. The summed E-state index contributed by atoms with van der Waals surface area (Å²) in [5.41, 5.74) is 5.72. The lowest BCUT2D eigenvalue weighted by Gasteiger charge is -2.32. The molecule has 0 fully saturated rings. The SMILES string of the molecule is CCNC(C)c1ccc2c(c1)CCCN2Cc1ccccc1. The minimum absolute atomic E-state index is 0.430. The molecule has 1 heterocycles. The van der Waals surface area contributed by atoms with Crippen molar-refractivity contribution in [1.29, 1.82) is 0 Å². The van der Waals surface area contributed by atoms with Crippen LogP contribution < -0.4 is 10.2 Å². The van der Waals surface area contributed by atoms with E-state index in [2.05, 4.69) is 72.6 Å². The van der Waals surface area contributed by atoms with Gasteiger partial charge in [0.15, 0.2) is 0 Å². The van der Waals surface area contributed by atoms with E-state index in [1.807, 2.05) is 0 Å². The topological polar surface area (TPSA) is 15.3 Å². The maximum Gasteiger partial charge on any atom is 0.0429 e. The number of nitrogens with one attached hydrogen (secondary N) is 1. The minimum atomic E-state index is 0.430. The van der Waals surface area contributed by atoms with Crippen LogP contribution in [0.4, 0.5) is 5.69 Å². The first kappa shape index (κ1) is 15.1. The van der Waals surface area contributed by atoms with E-state index in [9.17, 15) is 0 Å². The molecule has 116 valence electrons. The first-order valence-electron chi connectivity index (χ1n) is 8.43. The Bertz CT molecular complexity index is 606. The number of fused-ring (bicyclic) bond motifs is 1. The van der Waals surface area contributed by atoms with Crippen LogP contribution in [-0.2, 0) is 13.0 Å². The van der Waals surface area contributed by atoms with Crippen LogP contribution in [0.25, 0.3) is 0 Å². The number of anilines is 1. The molecule has 22 heavy (non-hydrogen) atoms. The van der Waals surface area contributed by atoms with Crippen LogP contribution in [0.2, 0.25) is 0 Å². The summed E-state index contributed by atoms with van der Waals surface area (Å²) >= 11 is 0. The molecule has 2 heteroatoms. The number of hydrogen-bond donors (Lipinski definition) is 1. The van der Waals surface area contributed by atoms with E-state index < -0.39 is 0 Å². The number of aryl methyl sites for hydroxylation is 1. The summed E-state index contributed by atoms with van der Waals surface area (Å²) in [4.78, 5) is 2.52. The van der Waals surface area contributed by atoms with Crippen molar-refractivity contribution < 1.29 is 0 Å². The number of benzene rings is 2. The Morgan fingerprint density at radius 2 is 1.95 bits per heavy atom. The standard InChI is InChI=1S/C20H26N2/c1-3-21-16(2)18-11-12-20-19(14-18)10-7-13-22(20)15-17-8-5-4-6-9-17/h4-6,8-9,11-12,14,16,21H,3,7,10,13,15H2,1-2H3. The average molecular weight is 294 g/mol. The molecule has 0 radical (unpaired) electrons. The Labute approximate surface area is 134 Å². The van der Waals surface area contributed by atoms with Gasteiger partial charge >= 0.3 is 0 Å². The second kappa shape index (κ2) is 6.97. The van der Waals surface area contributed by atoms with E-state index >= 15 is 0 Å². The van der Waals surface area contributed by atoms with Gasteiger partial charge in [0.1, 0.15) is 0 Å². The smallest absolute Gasteiger partial charge is 0.0429 e. The summed E-state index contributed by atoms with van der Waals surface area (Å²) in [6.45, 7) is 7.59. The Morgan fingerprint density at radius 3 is 2.73 bits per heavy atom. The number of hydrogen-bond acceptors (Lipinski definition) is 2. The quantitative estimate of drug-likeness (QED) is 0.884. The lowest BCUT2D eigenvalue weighted by Crippen LogP contribution is -2.29. The fourth-order valence-corrected chi connectivity index (χ4v) is 3.36. The maximum absolute atomic E-state index is 3.51. The molecule has 2 aromatic rings. The van der Waals surface area contributed by atoms with Gasteiger partial charge in [-0.15, -0.1) is 0 Å². The van der Waals surface area contributed by atoms with Gasteiger partial charge in [0, 0.05) is 24.8 Å². The Balaban J connectivity index is 1.81. The molecule has 0 saturated carbocycles. The molecule has 1 unspecified atom stereocenters. The van der Waals surface area contributed by atoms with Gasteiger partial charge < -0.3 is 10.2 Å². The largest absolute Gasteiger partial charge is 0.367 e. The van der Waals surface area contributed by atoms with Crippen molar-refractivity contribution in [2.24, 2.45) is 0 Å². The molecule has 0 saturated heterocycles. The van der Waals surface area contributed by atoms with Gasteiger partial charge in [0.25, 0.3) is 0 Å². The monoisotopic (exact) mass is 294 g/mol. The fraction of sp³-hybridized carbons (Fsp3) is 0.400.